The summed E-state index contributed by atoms with van der Waals surface area (Å²) in [5.41, 5.74) is 2.26. The van der Waals surface area contributed by atoms with Crippen LogP contribution in [0.2, 0.25) is 0 Å². The molecule has 0 unspecified atom stereocenters. The van der Waals surface area contributed by atoms with Gasteiger partial charge in [-0.25, -0.2) is 0 Å². The Kier molecular flexibility index (Phi) is 4.59. The van der Waals surface area contributed by atoms with Crippen LogP contribution in [0.15, 0.2) is 51.4 Å². The molecule has 5 nitrogen and oxygen atoms in total. The molecule has 7 heteroatoms. The van der Waals surface area contributed by atoms with Crippen molar-refractivity contribution in [3.05, 3.63) is 47.3 Å². The minimum atomic E-state index is 0.0699. The topological polar surface area (TPSA) is 59.2 Å². The number of aryl methyl sites for hydroxylation is 1. The van der Waals surface area contributed by atoms with Gasteiger partial charge in [0.25, 0.3) is 11.1 Å². The molecule has 0 bridgehead atoms. The molecular weight excluding hydrogens is 354 g/mol. The van der Waals surface area contributed by atoms with Crippen molar-refractivity contribution < 1.29 is 9.21 Å². The van der Waals surface area contributed by atoms with Gasteiger partial charge in [-0.05, 0) is 42.8 Å². The van der Waals surface area contributed by atoms with Crippen LogP contribution in [0.1, 0.15) is 18.9 Å². The van der Waals surface area contributed by atoms with E-state index in [1.807, 2.05) is 40.6 Å². The molecule has 1 aliphatic heterocycles. The minimum Gasteiger partial charge on any atom is -0.410 e. The van der Waals surface area contributed by atoms with Crippen molar-refractivity contribution in [1.29, 1.82) is 0 Å². The molecule has 0 fully saturated rings. The number of carbonyl (C=O) groups is 1. The molecule has 3 heterocycles. The van der Waals surface area contributed by atoms with Crippen LogP contribution in [0, 0.1) is 0 Å². The van der Waals surface area contributed by atoms with Crippen LogP contribution in [0.3, 0.4) is 0 Å². The predicted octanol–water partition coefficient (Wildman–Crippen LogP) is 4.26. The lowest BCUT2D eigenvalue weighted by Crippen LogP contribution is -2.43. The maximum Gasteiger partial charge on any atom is 0.277 e. The first kappa shape index (κ1) is 16.4. The molecule has 2 aromatic heterocycles. The van der Waals surface area contributed by atoms with E-state index in [2.05, 4.69) is 23.2 Å². The fourth-order valence-corrected chi connectivity index (χ4v) is 4.30. The van der Waals surface area contributed by atoms with E-state index in [1.165, 1.54) is 17.3 Å². The lowest BCUT2D eigenvalue weighted by molar-refractivity contribution is -0.116. The normalized spacial score (nSPS) is 16.7. The van der Waals surface area contributed by atoms with E-state index in [9.17, 15) is 4.79 Å². The van der Waals surface area contributed by atoms with Gasteiger partial charge in [-0.3, -0.25) is 4.79 Å². The maximum atomic E-state index is 12.8. The van der Waals surface area contributed by atoms with Gasteiger partial charge in [0.05, 0.1) is 10.6 Å². The summed E-state index contributed by atoms with van der Waals surface area (Å²) in [4.78, 5) is 15.6. The number of nitrogens with zero attached hydrogens (tertiary/aromatic N) is 3. The average molecular weight is 371 g/mol. The molecule has 0 aliphatic carbocycles. The summed E-state index contributed by atoms with van der Waals surface area (Å²) in [6, 6.07) is 12.2. The molecule has 1 aliphatic rings. The summed E-state index contributed by atoms with van der Waals surface area (Å²) >= 11 is 2.84. The highest BCUT2D eigenvalue weighted by atomic mass is 32.2. The van der Waals surface area contributed by atoms with Crippen molar-refractivity contribution in [3.8, 4) is 10.8 Å². The molecule has 4 rings (SSSR count). The first-order chi connectivity index (χ1) is 12.2. The summed E-state index contributed by atoms with van der Waals surface area (Å²) < 4.78 is 5.64. The zero-order valence-corrected chi connectivity index (χ0v) is 15.3. The lowest BCUT2D eigenvalue weighted by atomic mass is 9.97. The Morgan fingerprint density at radius 2 is 2.20 bits per heavy atom. The third kappa shape index (κ3) is 3.34. The number of fused-ring (bicyclic) bond motifs is 1. The summed E-state index contributed by atoms with van der Waals surface area (Å²) in [7, 11) is 0. The van der Waals surface area contributed by atoms with E-state index in [0.29, 0.717) is 11.1 Å². The summed E-state index contributed by atoms with van der Waals surface area (Å²) in [5, 5.41) is 10.5. The van der Waals surface area contributed by atoms with E-state index in [4.69, 9.17) is 4.42 Å². The number of aromatic nitrogens is 2. The van der Waals surface area contributed by atoms with Crippen molar-refractivity contribution in [3.63, 3.8) is 0 Å². The van der Waals surface area contributed by atoms with Gasteiger partial charge in [0.1, 0.15) is 0 Å². The smallest absolute Gasteiger partial charge is 0.277 e. The Bertz CT molecular complexity index is 876. The van der Waals surface area contributed by atoms with Gasteiger partial charge in [-0.1, -0.05) is 36.0 Å². The van der Waals surface area contributed by atoms with Crippen molar-refractivity contribution in [1.82, 2.24) is 10.2 Å². The van der Waals surface area contributed by atoms with Gasteiger partial charge in [0.2, 0.25) is 5.91 Å². The van der Waals surface area contributed by atoms with Crippen molar-refractivity contribution >= 4 is 34.7 Å². The van der Waals surface area contributed by atoms with E-state index >= 15 is 0 Å². The first-order valence-corrected chi connectivity index (χ1v) is 9.99. The van der Waals surface area contributed by atoms with E-state index < -0.39 is 0 Å². The quantitative estimate of drug-likeness (QED) is 0.642. The highest BCUT2D eigenvalue weighted by Gasteiger charge is 2.28. The Hall–Kier alpha value is -2.12. The number of thiophene rings is 1. The summed E-state index contributed by atoms with van der Waals surface area (Å²) in [5.74, 6) is 0.854. The van der Waals surface area contributed by atoms with Crippen molar-refractivity contribution in [2.75, 3.05) is 10.7 Å². The highest BCUT2D eigenvalue weighted by molar-refractivity contribution is 7.99. The van der Waals surface area contributed by atoms with Crippen molar-refractivity contribution in [2.24, 2.45) is 0 Å². The first-order valence-electron chi connectivity index (χ1n) is 8.12. The summed E-state index contributed by atoms with van der Waals surface area (Å²) in [6.07, 6.45) is 2.00. The molecule has 1 aromatic carbocycles. The van der Waals surface area contributed by atoms with E-state index in [1.54, 1.807) is 11.3 Å². The molecule has 128 valence electrons. The Labute approximate surface area is 154 Å². The van der Waals surface area contributed by atoms with Gasteiger partial charge in [-0.15, -0.1) is 21.5 Å². The monoisotopic (exact) mass is 371 g/mol. The fourth-order valence-electron chi connectivity index (χ4n) is 3.03. The van der Waals surface area contributed by atoms with Crippen LogP contribution in [0.4, 0.5) is 5.69 Å². The van der Waals surface area contributed by atoms with E-state index in [-0.39, 0.29) is 17.7 Å². The number of carbonyl (C=O) groups excluding carboxylic acids is 1. The molecule has 0 saturated heterocycles. The third-order valence-corrected chi connectivity index (χ3v) is 5.91. The number of benzene rings is 1. The summed E-state index contributed by atoms with van der Waals surface area (Å²) in [6.45, 7) is 2.10. The molecule has 0 saturated carbocycles. The Morgan fingerprint density at radius 3 is 3.04 bits per heavy atom. The number of rotatable bonds is 4. The van der Waals surface area contributed by atoms with Crippen LogP contribution in [0.25, 0.3) is 10.8 Å². The van der Waals surface area contributed by atoms with Crippen LogP contribution in [-0.4, -0.2) is 27.9 Å². The Morgan fingerprint density at radius 1 is 1.32 bits per heavy atom. The maximum absolute atomic E-state index is 12.8. The number of para-hydroxylation sites is 1. The van der Waals surface area contributed by atoms with Gasteiger partial charge in [0, 0.05) is 11.7 Å². The number of thioether (sulfide) groups is 1. The number of hydrogen-bond donors (Lipinski definition) is 0. The second-order valence-electron chi connectivity index (χ2n) is 5.92. The zero-order chi connectivity index (χ0) is 17.2. The van der Waals surface area contributed by atoms with Gasteiger partial charge in [0.15, 0.2) is 0 Å². The Balaban J connectivity index is 1.46. The van der Waals surface area contributed by atoms with Crippen LogP contribution in [0.5, 0.6) is 0 Å². The number of hydrogen-bond acceptors (Lipinski definition) is 6. The lowest BCUT2D eigenvalue weighted by Gasteiger charge is -2.35. The number of amides is 1. The third-order valence-electron chi connectivity index (χ3n) is 4.25. The molecular formula is C18H17N3O2S2. The van der Waals surface area contributed by atoms with Crippen LogP contribution < -0.4 is 4.90 Å². The molecule has 1 atom stereocenters. The predicted molar refractivity (Wildman–Crippen MR) is 100 cm³/mol. The van der Waals surface area contributed by atoms with Gasteiger partial charge in [-0.2, -0.15) is 0 Å². The van der Waals surface area contributed by atoms with Crippen LogP contribution in [-0.2, 0) is 11.2 Å². The number of anilines is 1. The SMILES string of the molecule is C[C@@H]1CCc2ccccc2N1C(=O)CSc1nnc(-c2cccs2)o1. The van der Waals surface area contributed by atoms with Gasteiger partial charge < -0.3 is 9.32 Å². The molecule has 0 spiro atoms. The van der Waals surface area contributed by atoms with E-state index in [0.717, 1.165) is 23.4 Å². The molecule has 0 radical (unpaired) electrons. The second kappa shape index (κ2) is 7.01. The molecule has 1 amide bonds. The van der Waals surface area contributed by atoms with Crippen molar-refractivity contribution in [2.45, 2.75) is 31.0 Å². The average Bonchev–Trinajstić information content (AvgIpc) is 3.31. The second-order valence-corrected chi connectivity index (χ2v) is 7.79. The fraction of sp³-hybridized carbons (Fsp3) is 0.278. The van der Waals surface area contributed by atoms with Crippen LogP contribution >= 0.6 is 23.1 Å². The molecule has 25 heavy (non-hydrogen) atoms. The minimum absolute atomic E-state index is 0.0699. The molecule has 0 N–H and O–H groups in total. The standard InChI is InChI=1S/C18H17N3O2S2/c1-12-8-9-13-5-2-3-6-14(13)21(12)16(22)11-25-18-20-19-17(23-18)15-7-4-10-24-15/h2-7,10,12H,8-9,11H2,1H3/t12-/m1/s1. The highest BCUT2D eigenvalue weighted by Crippen LogP contribution is 2.32. The van der Waals surface area contributed by atoms with Gasteiger partial charge >= 0.3 is 0 Å². The largest absolute Gasteiger partial charge is 0.410 e. The molecule has 3 aromatic rings. The zero-order valence-electron chi connectivity index (χ0n) is 13.7.